The number of aryl methyl sites for hydroxylation is 1. The van der Waals surface area contributed by atoms with Gasteiger partial charge < -0.3 is 34.9 Å². The molecule has 1 aliphatic rings. The number of rotatable bonds is 19. The third kappa shape index (κ3) is 11.0. The first kappa shape index (κ1) is 38.3. The van der Waals surface area contributed by atoms with E-state index in [9.17, 15) is 19.2 Å². The van der Waals surface area contributed by atoms with Crippen LogP contribution in [0.15, 0.2) is 42.5 Å². The minimum absolute atomic E-state index is 0.155. The second-order valence-electron chi connectivity index (χ2n) is 12.8. The van der Waals surface area contributed by atoms with Crippen LogP contribution in [0.1, 0.15) is 89.4 Å². The monoisotopic (exact) mass is 667 g/mol. The van der Waals surface area contributed by atoms with Gasteiger partial charge in [-0.1, -0.05) is 45.4 Å². The van der Waals surface area contributed by atoms with E-state index in [1.807, 2.05) is 31.2 Å². The number of hydrogen-bond donors (Lipinski definition) is 2. The Morgan fingerprint density at radius 3 is 2.48 bits per heavy atom. The molecule has 0 aromatic heterocycles. The molecule has 11 nitrogen and oxygen atoms in total. The van der Waals surface area contributed by atoms with E-state index in [-0.39, 0.29) is 12.5 Å². The zero-order valence-corrected chi connectivity index (χ0v) is 29.2. The molecule has 1 saturated heterocycles. The number of amides is 2. The molecule has 3 rings (SSSR count). The number of nitrogens with one attached hydrogen (secondary N) is 1. The minimum Gasteiger partial charge on any atom is -0.493 e. The van der Waals surface area contributed by atoms with Gasteiger partial charge in [0.05, 0.1) is 14.2 Å². The number of hydrogen-bond acceptors (Lipinski definition) is 9. The average molecular weight is 668 g/mol. The van der Waals surface area contributed by atoms with Crippen molar-refractivity contribution in [1.82, 2.24) is 10.2 Å². The molecule has 1 unspecified atom stereocenters. The van der Waals surface area contributed by atoms with Crippen molar-refractivity contribution in [3.05, 3.63) is 53.6 Å². The van der Waals surface area contributed by atoms with Crippen LogP contribution in [0.4, 0.5) is 0 Å². The molecule has 0 radical (unpaired) electrons. The number of Topliss-reactive ketones (excluding diaryl/α,β-unsaturated/α-hetero) is 1. The standard InChI is InChI=1S/C37H53N3O8/c1-6-37(2,3)34(42)35(43)40-22-11-8-15-29(40)36(44)48-30(18-16-26-17-19-31(45-4)32(23-26)46-5)27-13-12-14-28(24-27)47-25-33(41)39-21-10-7-9-20-38/h12-14,17,19,23-24,29-30H,6-11,15-16,18,20-22,25,38H2,1-5H3,(H,39,41)/t29?,30-/m1/s1. The zero-order chi connectivity index (χ0) is 35.1. The lowest BCUT2D eigenvalue weighted by Gasteiger charge is -2.36. The quantitative estimate of drug-likeness (QED) is 0.121. The largest absolute Gasteiger partial charge is 0.493 e. The molecule has 2 amide bonds. The number of ether oxygens (including phenoxy) is 4. The van der Waals surface area contributed by atoms with Gasteiger partial charge in [0, 0.05) is 18.5 Å². The molecule has 0 aliphatic carbocycles. The molecule has 1 aliphatic heterocycles. The summed E-state index contributed by atoms with van der Waals surface area (Å²) >= 11 is 0. The number of carbonyl (C=O) groups excluding carboxylic acids is 4. The highest BCUT2D eigenvalue weighted by atomic mass is 16.5. The van der Waals surface area contributed by atoms with Gasteiger partial charge in [-0.05, 0) is 93.3 Å². The summed E-state index contributed by atoms with van der Waals surface area (Å²) in [6.45, 7) is 6.71. The van der Waals surface area contributed by atoms with Crippen LogP contribution in [-0.4, -0.2) is 75.0 Å². The van der Waals surface area contributed by atoms with Crippen molar-refractivity contribution < 1.29 is 38.1 Å². The van der Waals surface area contributed by atoms with E-state index in [2.05, 4.69) is 5.32 Å². The maximum absolute atomic E-state index is 13.8. The highest BCUT2D eigenvalue weighted by Crippen LogP contribution is 2.32. The van der Waals surface area contributed by atoms with Crippen LogP contribution < -0.4 is 25.3 Å². The molecular weight excluding hydrogens is 614 g/mol. The van der Waals surface area contributed by atoms with Gasteiger partial charge in [-0.3, -0.25) is 14.4 Å². The Labute approximate surface area is 284 Å². The number of methoxy groups -OCH3 is 2. The smallest absolute Gasteiger partial charge is 0.329 e. The van der Waals surface area contributed by atoms with Gasteiger partial charge in [-0.15, -0.1) is 0 Å². The summed E-state index contributed by atoms with van der Waals surface area (Å²) in [6.07, 6.45) is 5.33. The number of esters is 1. The van der Waals surface area contributed by atoms with Crippen molar-refractivity contribution in [3.8, 4) is 17.2 Å². The third-order valence-corrected chi connectivity index (χ3v) is 8.93. The first-order valence-electron chi connectivity index (χ1n) is 17.0. The van der Waals surface area contributed by atoms with Gasteiger partial charge >= 0.3 is 5.97 Å². The average Bonchev–Trinajstić information content (AvgIpc) is 3.11. The minimum atomic E-state index is -0.862. The van der Waals surface area contributed by atoms with E-state index in [1.165, 1.54) is 4.90 Å². The van der Waals surface area contributed by atoms with E-state index in [4.69, 9.17) is 24.7 Å². The molecule has 2 atom stereocenters. The fraction of sp³-hybridized carbons (Fsp3) is 0.568. The third-order valence-electron chi connectivity index (χ3n) is 8.93. The molecule has 0 bridgehead atoms. The van der Waals surface area contributed by atoms with Crippen LogP contribution >= 0.6 is 0 Å². The van der Waals surface area contributed by atoms with Gasteiger partial charge in [0.2, 0.25) is 5.78 Å². The van der Waals surface area contributed by atoms with Gasteiger partial charge in [-0.2, -0.15) is 0 Å². The normalized spacial score (nSPS) is 15.3. The summed E-state index contributed by atoms with van der Waals surface area (Å²) in [7, 11) is 3.15. The molecular formula is C37H53N3O8. The predicted octanol–water partition coefficient (Wildman–Crippen LogP) is 4.93. The predicted molar refractivity (Wildman–Crippen MR) is 183 cm³/mol. The molecule has 1 fully saturated rings. The maximum Gasteiger partial charge on any atom is 0.329 e. The number of piperidine rings is 1. The Balaban J connectivity index is 1.80. The van der Waals surface area contributed by atoms with Crippen LogP contribution in [0.5, 0.6) is 17.2 Å². The number of benzene rings is 2. The number of likely N-dealkylation sites (tertiary alicyclic amines) is 1. The summed E-state index contributed by atoms with van der Waals surface area (Å²) in [5.74, 6) is -0.267. The zero-order valence-electron chi connectivity index (χ0n) is 29.2. The molecule has 48 heavy (non-hydrogen) atoms. The number of nitrogens with zero attached hydrogens (tertiary/aromatic N) is 1. The second kappa shape index (κ2) is 19.0. The number of nitrogens with two attached hydrogens (primary N) is 1. The SMILES string of the molecule is CCC(C)(C)C(=O)C(=O)N1CCCCC1C(=O)O[C@H](CCc1ccc(OC)c(OC)c1)c1cccc(OCC(=O)NCCCCCN)c1. The lowest BCUT2D eigenvalue weighted by atomic mass is 9.84. The summed E-state index contributed by atoms with van der Waals surface area (Å²) in [5, 5.41) is 2.85. The van der Waals surface area contributed by atoms with Crippen LogP contribution in [0, 0.1) is 5.41 Å². The molecule has 1 heterocycles. The lowest BCUT2D eigenvalue weighted by molar-refractivity contribution is -0.164. The van der Waals surface area contributed by atoms with Crippen molar-refractivity contribution >= 4 is 23.6 Å². The van der Waals surface area contributed by atoms with Gasteiger partial charge in [0.15, 0.2) is 18.1 Å². The lowest BCUT2D eigenvalue weighted by Crippen LogP contribution is -2.53. The molecule has 0 spiro atoms. The van der Waals surface area contributed by atoms with E-state index in [0.717, 1.165) is 31.2 Å². The topological polar surface area (TPSA) is 146 Å². The van der Waals surface area contributed by atoms with Crippen LogP contribution in [-0.2, 0) is 30.3 Å². The molecule has 264 valence electrons. The number of carbonyl (C=O) groups is 4. The van der Waals surface area contributed by atoms with Crippen molar-refractivity contribution in [1.29, 1.82) is 0 Å². The van der Waals surface area contributed by atoms with E-state index >= 15 is 0 Å². The second-order valence-corrected chi connectivity index (χ2v) is 12.8. The molecule has 11 heteroatoms. The van der Waals surface area contributed by atoms with Gasteiger partial charge in [0.1, 0.15) is 17.9 Å². The Bertz CT molecular complexity index is 1380. The molecule has 2 aromatic rings. The van der Waals surface area contributed by atoms with Gasteiger partial charge in [-0.25, -0.2) is 4.79 Å². The van der Waals surface area contributed by atoms with Gasteiger partial charge in [0.25, 0.3) is 11.8 Å². The first-order chi connectivity index (χ1) is 23.0. The molecule has 2 aromatic carbocycles. The first-order valence-corrected chi connectivity index (χ1v) is 17.0. The van der Waals surface area contributed by atoms with E-state index in [0.29, 0.717) is 74.6 Å². The Morgan fingerprint density at radius 2 is 1.77 bits per heavy atom. The molecule has 3 N–H and O–H groups in total. The summed E-state index contributed by atoms with van der Waals surface area (Å²) < 4.78 is 22.8. The highest BCUT2D eigenvalue weighted by Gasteiger charge is 2.41. The Morgan fingerprint density at radius 1 is 1.00 bits per heavy atom. The summed E-state index contributed by atoms with van der Waals surface area (Å²) in [5.41, 5.74) is 6.33. The summed E-state index contributed by atoms with van der Waals surface area (Å²) in [6, 6.07) is 11.9. The number of unbranched alkanes of at least 4 members (excludes halogenated alkanes) is 2. The van der Waals surface area contributed by atoms with Crippen LogP contribution in [0.2, 0.25) is 0 Å². The number of ketones is 1. The summed E-state index contributed by atoms with van der Waals surface area (Å²) in [4.78, 5) is 54.1. The van der Waals surface area contributed by atoms with Crippen molar-refractivity contribution in [2.24, 2.45) is 11.1 Å². The Hall–Kier alpha value is -4.12. The molecule has 0 saturated carbocycles. The van der Waals surface area contributed by atoms with Crippen LogP contribution in [0.3, 0.4) is 0 Å². The maximum atomic E-state index is 13.8. The van der Waals surface area contributed by atoms with E-state index in [1.54, 1.807) is 46.3 Å². The van der Waals surface area contributed by atoms with Crippen molar-refractivity contribution in [2.75, 3.05) is 40.5 Å². The van der Waals surface area contributed by atoms with E-state index < -0.39 is 35.2 Å². The van der Waals surface area contributed by atoms with Crippen molar-refractivity contribution in [2.45, 2.75) is 90.7 Å². The van der Waals surface area contributed by atoms with Crippen LogP contribution in [0.25, 0.3) is 0 Å². The fourth-order valence-corrected chi connectivity index (χ4v) is 5.52. The Kier molecular flexibility index (Phi) is 15.2. The fourth-order valence-electron chi connectivity index (χ4n) is 5.52. The highest BCUT2D eigenvalue weighted by molar-refractivity contribution is 6.38. The van der Waals surface area contributed by atoms with Crippen molar-refractivity contribution in [3.63, 3.8) is 0 Å².